The number of sulfone groups is 2. The Morgan fingerprint density at radius 1 is 0.611 bits per heavy atom. The zero-order valence-corrected chi connectivity index (χ0v) is 33.1. The number of hydrogen-bond acceptors (Lipinski definition) is 11. The summed E-state index contributed by atoms with van der Waals surface area (Å²) in [6, 6.07) is 30.0. The molecule has 0 radical (unpaired) electrons. The molecule has 2 heterocycles. The lowest BCUT2D eigenvalue weighted by atomic mass is 10.2. The van der Waals surface area contributed by atoms with Gasteiger partial charge in [-0.15, -0.1) is 5.10 Å². The van der Waals surface area contributed by atoms with Crippen molar-refractivity contribution in [2.75, 3.05) is 10.6 Å². The van der Waals surface area contributed by atoms with Crippen LogP contribution in [0.3, 0.4) is 0 Å². The molecule has 2 amide bonds. The van der Waals surface area contributed by atoms with Crippen molar-refractivity contribution in [3.8, 4) is 22.0 Å². The standard InChI is InChI=1S/C18H17ClN4O3S.C18H16ClN3O3S2/c1-18(2,27(25,26)14-10-8-13(19)9-11-14)16(24)21-17-20-15(22-23-17)12-6-4-3-5-7-12;1-18(2,27(24,25)14-10-8-13(19)9-11-14)16(23)21-17-20-15(26-22-17)12-6-4-3-5-7-12/h3-11H,1-2H3,(H2,20,21,22,23,24);3-11H,1-2H3,(H,21,22,23). The number of nitrogens with zero attached hydrogens (tertiary/aromatic N) is 4. The molecule has 4 aromatic carbocycles. The molecule has 0 unspecified atom stereocenters. The fraction of sp³-hybridized carbons (Fsp3) is 0.167. The monoisotopic (exact) mass is 825 g/mol. The second-order valence-electron chi connectivity index (χ2n) is 12.5. The molecule has 0 bridgehead atoms. The van der Waals surface area contributed by atoms with E-state index in [1.165, 1.54) is 76.2 Å². The minimum absolute atomic E-state index is 0.00164. The van der Waals surface area contributed by atoms with Crippen molar-refractivity contribution in [1.82, 2.24) is 24.5 Å². The van der Waals surface area contributed by atoms with Crippen molar-refractivity contribution in [1.29, 1.82) is 0 Å². The van der Waals surface area contributed by atoms with Crippen LogP contribution in [-0.4, -0.2) is 62.7 Å². The summed E-state index contributed by atoms with van der Waals surface area (Å²) in [5.74, 6) is -0.920. The van der Waals surface area contributed by atoms with Crippen molar-refractivity contribution >= 4 is 78.1 Å². The number of benzene rings is 4. The van der Waals surface area contributed by atoms with Crippen LogP contribution in [0.5, 0.6) is 0 Å². The Morgan fingerprint density at radius 2 is 1.04 bits per heavy atom. The Bertz CT molecular complexity index is 2300. The third kappa shape index (κ3) is 8.69. The Morgan fingerprint density at radius 3 is 1.50 bits per heavy atom. The highest BCUT2D eigenvalue weighted by atomic mass is 35.5. The van der Waals surface area contributed by atoms with Gasteiger partial charge in [-0.2, -0.15) is 14.3 Å². The Hall–Kier alpha value is -5.00. The molecule has 0 saturated carbocycles. The molecule has 6 rings (SSSR count). The Balaban J connectivity index is 0.000000208. The number of carbonyl (C=O) groups excluding carboxylic acids is 2. The summed E-state index contributed by atoms with van der Waals surface area (Å²) in [7, 11) is -7.90. The summed E-state index contributed by atoms with van der Waals surface area (Å²) >= 11 is 12.7. The number of rotatable bonds is 10. The van der Waals surface area contributed by atoms with Crippen molar-refractivity contribution in [3.05, 3.63) is 119 Å². The number of carbonyl (C=O) groups is 2. The predicted molar refractivity (Wildman–Crippen MR) is 210 cm³/mol. The van der Waals surface area contributed by atoms with Crippen LogP contribution in [0.25, 0.3) is 22.0 Å². The van der Waals surface area contributed by atoms with E-state index in [0.29, 0.717) is 20.9 Å². The van der Waals surface area contributed by atoms with E-state index in [0.717, 1.165) is 22.7 Å². The van der Waals surface area contributed by atoms with E-state index >= 15 is 0 Å². The third-order valence-corrected chi connectivity index (χ3v) is 14.2. The minimum Gasteiger partial charge on any atom is -0.292 e. The zero-order chi connectivity index (χ0) is 39.3. The maximum Gasteiger partial charge on any atom is 0.249 e. The van der Waals surface area contributed by atoms with E-state index in [2.05, 4.69) is 35.2 Å². The molecule has 0 saturated heterocycles. The van der Waals surface area contributed by atoms with Crippen LogP contribution >= 0.6 is 34.7 Å². The van der Waals surface area contributed by atoms with Crippen LogP contribution in [0.2, 0.25) is 10.0 Å². The van der Waals surface area contributed by atoms with Gasteiger partial charge in [-0.05, 0) is 87.8 Å². The summed E-state index contributed by atoms with van der Waals surface area (Å²) in [6.45, 7) is 5.35. The molecule has 0 aliphatic heterocycles. The molecule has 0 fully saturated rings. The summed E-state index contributed by atoms with van der Waals surface area (Å²) in [6.07, 6.45) is 0. The van der Waals surface area contributed by atoms with E-state index in [1.807, 2.05) is 60.7 Å². The van der Waals surface area contributed by atoms with Crippen molar-refractivity contribution in [3.63, 3.8) is 0 Å². The average Bonchev–Trinajstić information content (AvgIpc) is 3.83. The van der Waals surface area contributed by atoms with Gasteiger partial charge in [0.15, 0.2) is 25.5 Å². The molecule has 6 aromatic rings. The van der Waals surface area contributed by atoms with Gasteiger partial charge in [0.05, 0.1) is 9.79 Å². The molecule has 0 aliphatic carbocycles. The first-order valence-corrected chi connectivity index (χ1v) is 20.4. The molecule has 54 heavy (non-hydrogen) atoms. The van der Waals surface area contributed by atoms with Gasteiger partial charge in [-0.3, -0.25) is 25.3 Å². The van der Waals surface area contributed by atoms with Gasteiger partial charge in [-0.1, -0.05) is 83.9 Å². The van der Waals surface area contributed by atoms with Crippen molar-refractivity contribution in [2.24, 2.45) is 0 Å². The van der Waals surface area contributed by atoms with E-state index in [9.17, 15) is 26.4 Å². The van der Waals surface area contributed by atoms with Crippen LogP contribution in [-0.2, 0) is 29.3 Å². The number of nitrogens with one attached hydrogen (secondary N) is 3. The predicted octanol–water partition coefficient (Wildman–Crippen LogP) is 7.37. The summed E-state index contributed by atoms with van der Waals surface area (Å²) < 4.78 is 52.1. The number of aromatic amines is 1. The summed E-state index contributed by atoms with van der Waals surface area (Å²) in [5, 5.41) is 13.1. The average molecular weight is 827 g/mol. The molecule has 0 spiro atoms. The first-order chi connectivity index (χ1) is 25.4. The summed E-state index contributed by atoms with van der Waals surface area (Å²) in [4.78, 5) is 33.8. The molecule has 13 nitrogen and oxygen atoms in total. The number of H-pyrrole nitrogens is 1. The number of amides is 2. The van der Waals surface area contributed by atoms with Gasteiger partial charge in [0.1, 0.15) is 14.5 Å². The quantitative estimate of drug-likeness (QED) is 0.126. The van der Waals surface area contributed by atoms with Gasteiger partial charge in [-0.25, -0.2) is 16.8 Å². The summed E-state index contributed by atoms with van der Waals surface area (Å²) in [5.41, 5.74) is 1.65. The van der Waals surface area contributed by atoms with Crippen LogP contribution in [0.15, 0.2) is 119 Å². The largest absolute Gasteiger partial charge is 0.292 e. The zero-order valence-electron chi connectivity index (χ0n) is 29.1. The van der Waals surface area contributed by atoms with Gasteiger partial charge >= 0.3 is 0 Å². The molecular formula is C36H33Cl2N7O6S3. The molecular weight excluding hydrogens is 794 g/mol. The lowest BCUT2D eigenvalue weighted by Crippen LogP contribution is -2.44. The number of aromatic nitrogens is 5. The number of anilines is 2. The highest BCUT2D eigenvalue weighted by Crippen LogP contribution is 2.30. The maximum atomic E-state index is 12.9. The van der Waals surface area contributed by atoms with Gasteiger partial charge in [0.2, 0.25) is 23.7 Å². The Labute approximate surface area is 326 Å². The smallest absolute Gasteiger partial charge is 0.249 e. The maximum absolute atomic E-state index is 12.9. The van der Waals surface area contributed by atoms with Crippen LogP contribution in [0.4, 0.5) is 11.9 Å². The van der Waals surface area contributed by atoms with Gasteiger partial charge < -0.3 is 0 Å². The van der Waals surface area contributed by atoms with Crippen molar-refractivity contribution < 1.29 is 26.4 Å². The van der Waals surface area contributed by atoms with Crippen LogP contribution in [0.1, 0.15) is 27.7 Å². The normalized spacial score (nSPS) is 12.0. The van der Waals surface area contributed by atoms with E-state index < -0.39 is 41.0 Å². The topological polar surface area (TPSA) is 194 Å². The molecule has 0 atom stereocenters. The molecule has 280 valence electrons. The van der Waals surface area contributed by atoms with Crippen molar-refractivity contribution in [2.45, 2.75) is 47.0 Å². The SMILES string of the molecule is CC(C)(C(=O)Nc1n[nH]c(-c2ccccc2)n1)S(=O)(=O)c1ccc(Cl)cc1.CC(C)(C(=O)Nc1nsc(-c2ccccc2)n1)S(=O)(=O)c1ccc(Cl)cc1. The number of hydrogen-bond donors (Lipinski definition) is 3. The van der Waals surface area contributed by atoms with E-state index in [1.54, 1.807) is 0 Å². The highest BCUT2D eigenvalue weighted by Gasteiger charge is 2.44. The van der Waals surface area contributed by atoms with E-state index in [-0.39, 0.29) is 21.7 Å². The molecule has 3 N–H and O–H groups in total. The van der Waals surface area contributed by atoms with Gasteiger partial charge in [0, 0.05) is 21.2 Å². The second kappa shape index (κ2) is 16.2. The van der Waals surface area contributed by atoms with Gasteiger partial charge in [0.25, 0.3) is 0 Å². The molecule has 18 heteroatoms. The lowest BCUT2D eigenvalue weighted by Gasteiger charge is -2.23. The lowest BCUT2D eigenvalue weighted by molar-refractivity contribution is -0.118. The third-order valence-electron chi connectivity index (χ3n) is 8.12. The first kappa shape index (κ1) is 40.2. The van der Waals surface area contributed by atoms with E-state index in [4.69, 9.17) is 23.2 Å². The van der Waals surface area contributed by atoms with Crippen LogP contribution < -0.4 is 10.6 Å². The fourth-order valence-electron chi connectivity index (χ4n) is 4.58. The molecule has 0 aliphatic rings. The highest BCUT2D eigenvalue weighted by molar-refractivity contribution is 7.94. The molecule has 2 aromatic heterocycles. The fourth-order valence-corrected chi connectivity index (χ4v) is 8.22. The number of halogens is 2. The first-order valence-electron chi connectivity index (χ1n) is 15.9. The Kier molecular flexibility index (Phi) is 12.0. The van der Waals surface area contributed by atoms with Crippen LogP contribution in [0, 0.1) is 0 Å². The second-order valence-corrected chi connectivity index (χ2v) is 19.1. The minimum atomic E-state index is -3.96.